The number of hydrogen-bond acceptors (Lipinski definition) is 4. The molecule has 4 heteroatoms. The van der Waals surface area contributed by atoms with Gasteiger partial charge in [0.15, 0.2) is 0 Å². The summed E-state index contributed by atoms with van der Waals surface area (Å²) in [6.45, 7) is 4.69. The van der Waals surface area contributed by atoms with Gasteiger partial charge in [-0.25, -0.2) is 0 Å². The number of rotatable bonds is 8. The van der Waals surface area contributed by atoms with Gasteiger partial charge in [-0.1, -0.05) is 6.92 Å². The van der Waals surface area contributed by atoms with Gasteiger partial charge in [0, 0.05) is 25.9 Å². The van der Waals surface area contributed by atoms with Gasteiger partial charge in [0.2, 0.25) is 0 Å². The van der Waals surface area contributed by atoms with Crippen LogP contribution in [0, 0.1) is 0 Å². The summed E-state index contributed by atoms with van der Waals surface area (Å²) in [5.41, 5.74) is -0.0966. The summed E-state index contributed by atoms with van der Waals surface area (Å²) >= 11 is 0. The van der Waals surface area contributed by atoms with Crippen molar-refractivity contribution in [2.45, 2.75) is 44.2 Å². The van der Waals surface area contributed by atoms with Crippen LogP contribution in [0.5, 0.6) is 0 Å². The zero-order chi connectivity index (χ0) is 11.9. The summed E-state index contributed by atoms with van der Waals surface area (Å²) in [5.74, 6) is 0. The number of methoxy groups -OCH3 is 1. The summed E-state index contributed by atoms with van der Waals surface area (Å²) < 4.78 is 10.8. The molecule has 2 unspecified atom stereocenters. The minimum Gasteiger partial charge on any atom is -0.394 e. The van der Waals surface area contributed by atoms with Crippen molar-refractivity contribution >= 4 is 0 Å². The number of nitrogens with one attached hydrogen (secondary N) is 1. The number of ether oxygens (including phenoxy) is 2. The SMILES string of the molecule is CCNC1(CO)CCC(OCCCOC)C1. The summed E-state index contributed by atoms with van der Waals surface area (Å²) in [6.07, 6.45) is 4.21. The molecule has 0 aliphatic heterocycles. The summed E-state index contributed by atoms with van der Waals surface area (Å²) in [6, 6.07) is 0. The van der Waals surface area contributed by atoms with E-state index in [0.717, 1.165) is 45.4 Å². The predicted octanol–water partition coefficient (Wildman–Crippen LogP) is 0.933. The van der Waals surface area contributed by atoms with Crippen molar-refractivity contribution in [1.82, 2.24) is 5.32 Å². The molecule has 0 aromatic rings. The van der Waals surface area contributed by atoms with Gasteiger partial charge in [-0.15, -0.1) is 0 Å². The number of likely N-dealkylation sites (N-methyl/N-ethyl adjacent to an activating group) is 1. The first-order chi connectivity index (χ1) is 7.76. The molecule has 0 heterocycles. The third kappa shape index (κ3) is 4.01. The first-order valence-electron chi connectivity index (χ1n) is 6.23. The lowest BCUT2D eigenvalue weighted by Crippen LogP contribution is -2.46. The molecular formula is C12H25NO3. The van der Waals surface area contributed by atoms with Crippen molar-refractivity contribution < 1.29 is 14.6 Å². The average Bonchev–Trinajstić information content (AvgIpc) is 2.70. The quantitative estimate of drug-likeness (QED) is 0.610. The van der Waals surface area contributed by atoms with E-state index in [9.17, 15) is 5.11 Å². The van der Waals surface area contributed by atoms with Gasteiger partial charge in [-0.2, -0.15) is 0 Å². The van der Waals surface area contributed by atoms with Crippen LogP contribution in [0.1, 0.15) is 32.6 Å². The molecule has 16 heavy (non-hydrogen) atoms. The molecule has 0 bridgehead atoms. The molecule has 1 aliphatic carbocycles. The van der Waals surface area contributed by atoms with Gasteiger partial charge in [0.25, 0.3) is 0 Å². The first-order valence-corrected chi connectivity index (χ1v) is 6.23. The number of aliphatic hydroxyl groups is 1. The van der Waals surface area contributed by atoms with E-state index in [-0.39, 0.29) is 12.1 Å². The molecule has 96 valence electrons. The van der Waals surface area contributed by atoms with E-state index < -0.39 is 0 Å². The van der Waals surface area contributed by atoms with Crippen LogP contribution in [-0.4, -0.2) is 50.2 Å². The van der Waals surface area contributed by atoms with Crippen molar-refractivity contribution in [3.63, 3.8) is 0 Å². The average molecular weight is 231 g/mol. The van der Waals surface area contributed by atoms with Gasteiger partial charge in [-0.05, 0) is 32.2 Å². The lowest BCUT2D eigenvalue weighted by Gasteiger charge is -2.27. The Hall–Kier alpha value is -0.160. The second-order valence-electron chi connectivity index (χ2n) is 4.55. The van der Waals surface area contributed by atoms with E-state index in [1.54, 1.807) is 7.11 Å². The predicted molar refractivity (Wildman–Crippen MR) is 63.6 cm³/mol. The maximum atomic E-state index is 9.44. The van der Waals surface area contributed by atoms with Crippen LogP contribution in [-0.2, 0) is 9.47 Å². The van der Waals surface area contributed by atoms with Crippen molar-refractivity contribution in [2.75, 3.05) is 33.5 Å². The Labute approximate surface area is 98.3 Å². The Bertz CT molecular complexity index is 189. The van der Waals surface area contributed by atoms with Gasteiger partial charge < -0.3 is 19.9 Å². The smallest absolute Gasteiger partial charge is 0.0614 e. The van der Waals surface area contributed by atoms with E-state index in [4.69, 9.17) is 9.47 Å². The van der Waals surface area contributed by atoms with E-state index in [1.165, 1.54) is 0 Å². The summed E-state index contributed by atoms with van der Waals surface area (Å²) in [4.78, 5) is 0. The lowest BCUT2D eigenvalue weighted by atomic mass is 9.99. The normalized spacial score (nSPS) is 29.8. The maximum Gasteiger partial charge on any atom is 0.0614 e. The standard InChI is InChI=1S/C12H25NO3/c1-3-13-12(10-14)6-5-11(9-12)16-8-4-7-15-2/h11,13-14H,3-10H2,1-2H3. The van der Waals surface area contributed by atoms with Gasteiger partial charge in [-0.3, -0.25) is 0 Å². The van der Waals surface area contributed by atoms with Crippen LogP contribution in [0.25, 0.3) is 0 Å². The van der Waals surface area contributed by atoms with E-state index in [0.29, 0.717) is 6.10 Å². The third-order valence-electron chi connectivity index (χ3n) is 3.26. The Morgan fingerprint density at radius 2 is 2.25 bits per heavy atom. The van der Waals surface area contributed by atoms with Crippen LogP contribution in [0.2, 0.25) is 0 Å². The van der Waals surface area contributed by atoms with Crippen LogP contribution >= 0.6 is 0 Å². The molecule has 2 N–H and O–H groups in total. The molecule has 0 aromatic carbocycles. The zero-order valence-corrected chi connectivity index (χ0v) is 10.5. The van der Waals surface area contributed by atoms with Crippen LogP contribution in [0.15, 0.2) is 0 Å². The topological polar surface area (TPSA) is 50.7 Å². The second-order valence-corrected chi connectivity index (χ2v) is 4.55. The highest BCUT2D eigenvalue weighted by Gasteiger charge is 2.38. The van der Waals surface area contributed by atoms with Crippen molar-refractivity contribution in [2.24, 2.45) is 0 Å². The molecule has 2 atom stereocenters. The van der Waals surface area contributed by atoms with Crippen LogP contribution in [0.4, 0.5) is 0 Å². The van der Waals surface area contributed by atoms with E-state index in [1.807, 2.05) is 0 Å². The Morgan fingerprint density at radius 1 is 1.44 bits per heavy atom. The maximum absolute atomic E-state index is 9.44. The Balaban J connectivity index is 2.22. The third-order valence-corrected chi connectivity index (χ3v) is 3.26. The molecule has 1 rings (SSSR count). The molecule has 4 nitrogen and oxygen atoms in total. The van der Waals surface area contributed by atoms with Gasteiger partial charge in [0.05, 0.1) is 12.7 Å². The molecule has 0 radical (unpaired) electrons. The van der Waals surface area contributed by atoms with Crippen molar-refractivity contribution in [1.29, 1.82) is 0 Å². The highest BCUT2D eigenvalue weighted by Crippen LogP contribution is 2.31. The molecule has 0 amide bonds. The molecule has 1 aliphatic rings. The number of aliphatic hydroxyl groups excluding tert-OH is 1. The van der Waals surface area contributed by atoms with Gasteiger partial charge >= 0.3 is 0 Å². The molecule has 1 fully saturated rings. The molecule has 0 spiro atoms. The lowest BCUT2D eigenvalue weighted by molar-refractivity contribution is 0.0350. The number of hydrogen-bond donors (Lipinski definition) is 2. The largest absolute Gasteiger partial charge is 0.394 e. The summed E-state index contributed by atoms with van der Waals surface area (Å²) in [7, 11) is 1.71. The molecular weight excluding hydrogens is 206 g/mol. The first kappa shape index (κ1) is 13.9. The highest BCUT2D eigenvalue weighted by atomic mass is 16.5. The highest BCUT2D eigenvalue weighted by molar-refractivity contribution is 4.96. The van der Waals surface area contributed by atoms with E-state index >= 15 is 0 Å². The second kappa shape index (κ2) is 7.22. The van der Waals surface area contributed by atoms with Gasteiger partial charge in [0.1, 0.15) is 0 Å². The summed E-state index contributed by atoms with van der Waals surface area (Å²) in [5, 5.41) is 12.8. The fraction of sp³-hybridized carbons (Fsp3) is 1.00. The van der Waals surface area contributed by atoms with E-state index in [2.05, 4.69) is 12.2 Å². The minimum atomic E-state index is -0.0966. The fourth-order valence-corrected chi connectivity index (χ4v) is 2.41. The molecule has 1 saturated carbocycles. The van der Waals surface area contributed by atoms with Crippen molar-refractivity contribution in [3.05, 3.63) is 0 Å². The Morgan fingerprint density at radius 3 is 2.88 bits per heavy atom. The monoisotopic (exact) mass is 231 g/mol. The minimum absolute atomic E-state index is 0.0966. The Kier molecular flexibility index (Phi) is 6.28. The van der Waals surface area contributed by atoms with Crippen LogP contribution < -0.4 is 5.32 Å². The van der Waals surface area contributed by atoms with Crippen LogP contribution in [0.3, 0.4) is 0 Å². The fourth-order valence-electron chi connectivity index (χ4n) is 2.41. The van der Waals surface area contributed by atoms with Crippen molar-refractivity contribution in [3.8, 4) is 0 Å². The molecule has 0 aromatic heterocycles. The zero-order valence-electron chi connectivity index (χ0n) is 10.5. The molecule has 0 saturated heterocycles.